The topological polar surface area (TPSA) is 77.2 Å². The number of ether oxygens (including phenoxy) is 1. The lowest BCUT2D eigenvalue weighted by Crippen LogP contribution is -2.24. The molecule has 7 heteroatoms. The second-order valence-electron chi connectivity index (χ2n) is 6.34. The smallest absolute Gasteiger partial charge is 0.259 e. The van der Waals surface area contributed by atoms with Crippen molar-refractivity contribution < 1.29 is 14.1 Å². The second kappa shape index (κ2) is 7.33. The molecule has 0 aliphatic carbocycles. The van der Waals surface area contributed by atoms with E-state index in [1.807, 2.05) is 13.8 Å². The Bertz CT molecular complexity index is 966. The zero-order valence-corrected chi connectivity index (χ0v) is 15.8. The summed E-state index contributed by atoms with van der Waals surface area (Å²) in [6, 6.07) is 7.08. The minimum Gasteiger partial charge on any atom is -0.496 e. The monoisotopic (exact) mass is 373 g/mol. The molecule has 1 aromatic carbocycles. The molecule has 0 fully saturated rings. The third kappa shape index (κ3) is 3.51. The van der Waals surface area contributed by atoms with Crippen LogP contribution in [0.5, 0.6) is 5.75 Å². The average molecular weight is 374 g/mol. The molecule has 0 radical (unpaired) electrons. The lowest BCUT2D eigenvalue weighted by molar-refractivity contribution is 0.0952. The van der Waals surface area contributed by atoms with Gasteiger partial charge >= 0.3 is 0 Å². The van der Waals surface area contributed by atoms with Gasteiger partial charge in [0.2, 0.25) is 0 Å². The van der Waals surface area contributed by atoms with Crippen molar-refractivity contribution >= 4 is 28.6 Å². The highest BCUT2D eigenvalue weighted by Crippen LogP contribution is 2.26. The number of amides is 1. The zero-order valence-electron chi connectivity index (χ0n) is 15.1. The van der Waals surface area contributed by atoms with E-state index in [4.69, 9.17) is 20.9 Å². The number of hydrogen-bond donors (Lipinski definition) is 1. The van der Waals surface area contributed by atoms with Crippen molar-refractivity contribution in [3.63, 3.8) is 0 Å². The van der Waals surface area contributed by atoms with Crippen LogP contribution < -0.4 is 10.1 Å². The summed E-state index contributed by atoms with van der Waals surface area (Å²) in [6.45, 7) is 6.10. The van der Waals surface area contributed by atoms with Gasteiger partial charge in [0, 0.05) is 22.8 Å². The number of benzene rings is 1. The van der Waals surface area contributed by atoms with Crippen LogP contribution in [-0.2, 0) is 6.54 Å². The number of aromatic nitrogens is 2. The van der Waals surface area contributed by atoms with Crippen molar-refractivity contribution in [2.45, 2.75) is 33.2 Å². The van der Waals surface area contributed by atoms with Gasteiger partial charge in [-0.3, -0.25) is 4.79 Å². The highest BCUT2D eigenvalue weighted by Gasteiger charge is 2.20. The fourth-order valence-corrected chi connectivity index (χ4v) is 2.94. The lowest BCUT2D eigenvalue weighted by atomic mass is 10.0. The van der Waals surface area contributed by atoms with Gasteiger partial charge in [-0.25, -0.2) is 4.98 Å². The van der Waals surface area contributed by atoms with Gasteiger partial charge in [0.05, 0.1) is 23.8 Å². The SMILES string of the molecule is COc1ccc(Cl)cc1CNC(=O)c1cc(C(C)C)nc2onc(C)c12. The summed E-state index contributed by atoms with van der Waals surface area (Å²) in [6.07, 6.45) is 0. The quantitative estimate of drug-likeness (QED) is 0.723. The number of nitrogens with one attached hydrogen (secondary N) is 1. The summed E-state index contributed by atoms with van der Waals surface area (Å²) in [7, 11) is 1.58. The minimum atomic E-state index is -0.229. The second-order valence-corrected chi connectivity index (χ2v) is 6.77. The lowest BCUT2D eigenvalue weighted by Gasteiger charge is -2.12. The maximum atomic E-state index is 12.9. The Labute approximate surface area is 156 Å². The predicted octanol–water partition coefficient (Wildman–Crippen LogP) is 4.25. The Morgan fingerprint density at radius 1 is 1.35 bits per heavy atom. The predicted molar refractivity (Wildman–Crippen MR) is 99.8 cm³/mol. The van der Waals surface area contributed by atoms with Crippen LogP contribution in [-0.4, -0.2) is 23.2 Å². The molecular weight excluding hydrogens is 354 g/mol. The molecule has 1 N–H and O–H groups in total. The van der Waals surface area contributed by atoms with E-state index in [0.29, 0.717) is 33.1 Å². The van der Waals surface area contributed by atoms with E-state index in [1.54, 1.807) is 38.3 Å². The summed E-state index contributed by atoms with van der Waals surface area (Å²) in [5.41, 5.74) is 3.08. The summed E-state index contributed by atoms with van der Waals surface area (Å²) in [5.74, 6) is 0.593. The van der Waals surface area contributed by atoms with Crippen molar-refractivity contribution in [1.29, 1.82) is 0 Å². The number of fused-ring (bicyclic) bond motifs is 1. The number of pyridine rings is 1. The maximum absolute atomic E-state index is 12.9. The highest BCUT2D eigenvalue weighted by molar-refractivity contribution is 6.30. The average Bonchev–Trinajstić information content (AvgIpc) is 3.00. The fourth-order valence-electron chi connectivity index (χ4n) is 2.74. The molecule has 3 aromatic rings. The summed E-state index contributed by atoms with van der Waals surface area (Å²) in [4.78, 5) is 17.3. The van der Waals surface area contributed by atoms with E-state index < -0.39 is 0 Å². The summed E-state index contributed by atoms with van der Waals surface area (Å²) >= 11 is 6.05. The first-order chi connectivity index (χ1) is 12.4. The fraction of sp³-hybridized carbons (Fsp3) is 0.316. The molecule has 2 heterocycles. The number of aryl methyl sites for hydroxylation is 1. The van der Waals surface area contributed by atoms with E-state index in [0.717, 1.165) is 11.3 Å². The first kappa shape index (κ1) is 18.2. The number of nitrogens with zero attached hydrogens (tertiary/aromatic N) is 2. The Balaban J connectivity index is 1.93. The van der Waals surface area contributed by atoms with E-state index in [9.17, 15) is 4.79 Å². The van der Waals surface area contributed by atoms with Gasteiger partial charge in [-0.15, -0.1) is 0 Å². The summed E-state index contributed by atoms with van der Waals surface area (Å²) in [5, 5.41) is 8.07. The van der Waals surface area contributed by atoms with Gasteiger partial charge in [-0.2, -0.15) is 0 Å². The number of carbonyl (C=O) groups is 1. The molecule has 0 bridgehead atoms. The van der Waals surface area contributed by atoms with Crippen LogP contribution in [0.15, 0.2) is 28.8 Å². The molecule has 0 unspecified atom stereocenters. The van der Waals surface area contributed by atoms with E-state index in [2.05, 4.69) is 15.5 Å². The van der Waals surface area contributed by atoms with E-state index in [1.165, 1.54) is 0 Å². The zero-order chi connectivity index (χ0) is 18.8. The molecule has 0 atom stereocenters. The van der Waals surface area contributed by atoms with Crippen molar-refractivity contribution in [2.75, 3.05) is 7.11 Å². The minimum absolute atomic E-state index is 0.157. The standard InChI is InChI=1S/C19H20ClN3O3/c1-10(2)15-8-14(17-11(3)23-26-19(17)22-15)18(24)21-9-12-7-13(20)5-6-16(12)25-4/h5-8,10H,9H2,1-4H3,(H,21,24). The number of halogens is 1. The molecule has 0 saturated heterocycles. The normalized spacial score (nSPS) is 11.2. The van der Waals surface area contributed by atoms with Crippen molar-refractivity contribution in [2.24, 2.45) is 0 Å². The van der Waals surface area contributed by atoms with Gasteiger partial charge < -0.3 is 14.6 Å². The number of methoxy groups -OCH3 is 1. The Hall–Kier alpha value is -2.60. The Kier molecular flexibility index (Phi) is 5.13. The Morgan fingerprint density at radius 2 is 2.12 bits per heavy atom. The molecule has 136 valence electrons. The van der Waals surface area contributed by atoms with Crippen LogP contribution in [0.3, 0.4) is 0 Å². The van der Waals surface area contributed by atoms with Crippen LogP contribution in [0.2, 0.25) is 5.02 Å². The molecule has 26 heavy (non-hydrogen) atoms. The van der Waals surface area contributed by atoms with Crippen molar-refractivity contribution in [1.82, 2.24) is 15.5 Å². The van der Waals surface area contributed by atoms with Crippen LogP contribution in [0.25, 0.3) is 11.1 Å². The molecule has 0 aliphatic rings. The van der Waals surface area contributed by atoms with Crippen LogP contribution in [0.4, 0.5) is 0 Å². The van der Waals surface area contributed by atoms with Gasteiger partial charge in [0.15, 0.2) is 0 Å². The van der Waals surface area contributed by atoms with Gasteiger partial charge in [0.1, 0.15) is 5.75 Å². The van der Waals surface area contributed by atoms with Gasteiger partial charge in [-0.1, -0.05) is 30.6 Å². The molecule has 0 aliphatic heterocycles. The molecule has 3 rings (SSSR count). The highest BCUT2D eigenvalue weighted by atomic mass is 35.5. The Morgan fingerprint density at radius 3 is 2.81 bits per heavy atom. The number of rotatable bonds is 5. The van der Waals surface area contributed by atoms with Gasteiger partial charge in [-0.05, 0) is 37.1 Å². The maximum Gasteiger partial charge on any atom is 0.259 e. The third-order valence-electron chi connectivity index (χ3n) is 4.15. The van der Waals surface area contributed by atoms with Gasteiger partial charge in [0.25, 0.3) is 11.6 Å². The summed E-state index contributed by atoms with van der Waals surface area (Å²) < 4.78 is 10.6. The molecule has 0 saturated carbocycles. The molecule has 6 nitrogen and oxygen atoms in total. The van der Waals surface area contributed by atoms with Crippen LogP contribution in [0.1, 0.15) is 47.1 Å². The molecular formula is C19H20ClN3O3. The first-order valence-corrected chi connectivity index (χ1v) is 8.66. The first-order valence-electron chi connectivity index (χ1n) is 8.28. The molecule has 2 aromatic heterocycles. The van der Waals surface area contributed by atoms with Crippen molar-refractivity contribution in [3.8, 4) is 5.75 Å². The molecule has 0 spiro atoms. The van der Waals surface area contributed by atoms with Crippen LogP contribution >= 0.6 is 11.6 Å². The number of hydrogen-bond acceptors (Lipinski definition) is 5. The van der Waals surface area contributed by atoms with E-state index >= 15 is 0 Å². The van der Waals surface area contributed by atoms with E-state index in [-0.39, 0.29) is 18.4 Å². The van der Waals surface area contributed by atoms with Crippen LogP contribution in [0, 0.1) is 6.92 Å². The largest absolute Gasteiger partial charge is 0.496 e. The third-order valence-corrected chi connectivity index (χ3v) is 4.39. The van der Waals surface area contributed by atoms with Crippen molar-refractivity contribution in [3.05, 3.63) is 51.8 Å². The molecule has 1 amide bonds. The number of carbonyl (C=O) groups excluding carboxylic acids is 1.